The number of anilines is 1. The predicted octanol–water partition coefficient (Wildman–Crippen LogP) is 2.70. The lowest BCUT2D eigenvalue weighted by Gasteiger charge is -2.12. The molecule has 8 heteroatoms. The molecule has 0 aliphatic rings. The van der Waals surface area contributed by atoms with E-state index in [0.29, 0.717) is 25.1 Å². The molecule has 0 radical (unpaired) electrons. The van der Waals surface area contributed by atoms with Gasteiger partial charge in [-0.15, -0.1) is 0 Å². The van der Waals surface area contributed by atoms with Crippen LogP contribution in [0.5, 0.6) is 0 Å². The van der Waals surface area contributed by atoms with Crippen molar-refractivity contribution in [1.29, 1.82) is 0 Å². The Balaban J connectivity index is 2.19. The number of sulfonamides is 1. The number of methoxy groups -OCH3 is 1. The Morgan fingerprint density at radius 1 is 1.15 bits per heavy atom. The van der Waals surface area contributed by atoms with Crippen molar-refractivity contribution >= 4 is 21.6 Å². The molecule has 0 atom stereocenters. The number of halogens is 1. The number of ether oxygens (including phenoxy) is 1. The van der Waals surface area contributed by atoms with Crippen LogP contribution in [0.15, 0.2) is 47.4 Å². The molecule has 0 unspecified atom stereocenters. The summed E-state index contributed by atoms with van der Waals surface area (Å²) in [6.45, 7) is 2.59. The minimum Gasteiger partial charge on any atom is -0.385 e. The van der Waals surface area contributed by atoms with Crippen LogP contribution in [0.2, 0.25) is 0 Å². The van der Waals surface area contributed by atoms with E-state index in [1.54, 1.807) is 26.2 Å². The van der Waals surface area contributed by atoms with Gasteiger partial charge in [0, 0.05) is 31.5 Å². The molecule has 2 aromatic carbocycles. The molecule has 140 valence electrons. The van der Waals surface area contributed by atoms with E-state index in [-0.39, 0.29) is 22.1 Å². The smallest absolute Gasteiger partial charge is 0.262 e. The number of hydrogen-bond acceptors (Lipinski definition) is 4. The van der Waals surface area contributed by atoms with Crippen molar-refractivity contribution in [3.8, 4) is 0 Å². The lowest BCUT2D eigenvalue weighted by molar-refractivity contribution is 0.0948. The SMILES string of the molecule is COCCCNC(=O)c1ccc(C)c(S(=O)(=O)Nc2ccc(F)cc2)c1. The fourth-order valence-corrected chi connectivity index (χ4v) is 3.61. The van der Waals surface area contributed by atoms with Crippen LogP contribution in [0, 0.1) is 12.7 Å². The second-order valence-electron chi connectivity index (χ2n) is 5.69. The summed E-state index contributed by atoms with van der Waals surface area (Å²) < 4.78 is 45.5. The molecule has 0 aliphatic heterocycles. The molecule has 0 aliphatic carbocycles. The number of carbonyl (C=O) groups is 1. The van der Waals surface area contributed by atoms with Crippen LogP contribution in [-0.4, -0.2) is 34.6 Å². The average molecular weight is 380 g/mol. The number of benzene rings is 2. The molecule has 0 heterocycles. The van der Waals surface area contributed by atoms with Crippen LogP contribution >= 0.6 is 0 Å². The molecule has 2 aromatic rings. The zero-order valence-electron chi connectivity index (χ0n) is 14.6. The highest BCUT2D eigenvalue weighted by molar-refractivity contribution is 7.92. The van der Waals surface area contributed by atoms with E-state index in [0.717, 1.165) is 12.1 Å². The Morgan fingerprint density at radius 3 is 2.50 bits per heavy atom. The maximum absolute atomic E-state index is 13.0. The van der Waals surface area contributed by atoms with Crippen LogP contribution in [-0.2, 0) is 14.8 Å². The van der Waals surface area contributed by atoms with Gasteiger partial charge in [-0.3, -0.25) is 9.52 Å². The average Bonchev–Trinajstić information content (AvgIpc) is 2.60. The van der Waals surface area contributed by atoms with Crippen LogP contribution in [0.25, 0.3) is 0 Å². The number of carbonyl (C=O) groups excluding carboxylic acids is 1. The summed E-state index contributed by atoms with van der Waals surface area (Å²) in [7, 11) is -2.34. The van der Waals surface area contributed by atoms with Crippen LogP contribution < -0.4 is 10.0 Å². The molecule has 2 rings (SSSR count). The first-order valence-electron chi connectivity index (χ1n) is 7.99. The molecular weight excluding hydrogens is 359 g/mol. The number of nitrogens with one attached hydrogen (secondary N) is 2. The Labute approximate surface area is 152 Å². The summed E-state index contributed by atoms with van der Waals surface area (Å²) in [5, 5.41) is 2.71. The van der Waals surface area contributed by atoms with Crippen molar-refractivity contribution in [1.82, 2.24) is 5.32 Å². The summed E-state index contributed by atoms with van der Waals surface area (Å²) in [4.78, 5) is 12.2. The Morgan fingerprint density at radius 2 is 1.85 bits per heavy atom. The Hall–Kier alpha value is -2.45. The monoisotopic (exact) mass is 380 g/mol. The minimum atomic E-state index is -3.91. The normalized spacial score (nSPS) is 11.2. The van der Waals surface area contributed by atoms with Crippen molar-refractivity contribution in [3.63, 3.8) is 0 Å². The van der Waals surface area contributed by atoms with Gasteiger partial charge < -0.3 is 10.1 Å². The number of amides is 1. The molecule has 0 bridgehead atoms. The van der Waals surface area contributed by atoms with Gasteiger partial charge >= 0.3 is 0 Å². The highest BCUT2D eigenvalue weighted by Crippen LogP contribution is 2.21. The zero-order valence-corrected chi connectivity index (χ0v) is 15.4. The molecule has 0 saturated heterocycles. The van der Waals surface area contributed by atoms with Gasteiger partial charge in [-0.2, -0.15) is 0 Å². The molecule has 1 amide bonds. The summed E-state index contributed by atoms with van der Waals surface area (Å²) in [6.07, 6.45) is 0.658. The third-order valence-electron chi connectivity index (χ3n) is 3.65. The van der Waals surface area contributed by atoms with Crippen molar-refractivity contribution in [2.24, 2.45) is 0 Å². The lowest BCUT2D eigenvalue weighted by atomic mass is 10.1. The first-order chi connectivity index (χ1) is 12.3. The quantitative estimate of drug-likeness (QED) is 0.690. The first kappa shape index (κ1) is 19.9. The molecule has 0 fully saturated rings. The molecule has 2 N–H and O–H groups in total. The lowest BCUT2D eigenvalue weighted by Crippen LogP contribution is -2.25. The Bertz CT molecular complexity index is 867. The largest absolute Gasteiger partial charge is 0.385 e. The van der Waals surface area contributed by atoms with Gasteiger partial charge in [0.15, 0.2) is 0 Å². The standard InChI is InChI=1S/C18H21FN2O4S/c1-13-4-5-14(18(22)20-10-3-11-25-2)12-17(13)26(23,24)21-16-8-6-15(19)7-9-16/h4-9,12,21H,3,10-11H2,1-2H3,(H,20,22). The zero-order chi connectivity index (χ0) is 19.2. The van der Waals surface area contributed by atoms with E-state index in [2.05, 4.69) is 10.0 Å². The minimum absolute atomic E-state index is 0.00799. The summed E-state index contributed by atoms with van der Waals surface area (Å²) in [5.41, 5.74) is 0.975. The van der Waals surface area contributed by atoms with Crippen molar-refractivity contribution < 1.29 is 22.3 Å². The van der Waals surface area contributed by atoms with E-state index in [1.807, 2.05) is 0 Å². The molecule has 0 spiro atoms. The van der Waals surface area contributed by atoms with Gasteiger partial charge in [-0.05, 0) is 55.3 Å². The van der Waals surface area contributed by atoms with Gasteiger partial charge in [0.05, 0.1) is 4.90 Å². The van der Waals surface area contributed by atoms with Gasteiger partial charge in [0.2, 0.25) is 0 Å². The molecular formula is C18H21FN2O4S. The van der Waals surface area contributed by atoms with E-state index in [4.69, 9.17) is 4.74 Å². The van der Waals surface area contributed by atoms with E-state index >= 15 is 0 Å². The summed E-state index contributed by atoms with van der Waals surface area (Å²) >= 11 is 0. The van der Waals surface area contributed by atoms with Gasteiger partial charge in [0.1, 0.15) is 5.82 Å². The van der Waals surface area contributed by atoms with Gasteiger partial charge in [-0.1, -0.05) is 6.07 Å². The highest BCUT2D eigenvalue weighted by atomic mass is 32.2. The van der Waals surface area contributed by atoms with Crippen molar-refractivity contribution in [3.05, 3.63) is 59.4 Å². The number of hydrogen-bond donors (Lipinski definition) is 2. The van der Waals surface area contributed by atoms with Crippen molar-refractivity contribution in [2.45, 2.75) is 18.2 Å². The van der Waals surface area contributed by atoms with Crippen LogP contribution in [0.1, 0.15) is 22.3 Å². The van der Waals surface area contributed by atoms with Gasteiger partial charge in [-0.25, -0.2) is 12.8 Å². The maximum atomic E-state index is 13.0. The fourth-order valence-electron chi connectivity index (χ4n) is 2.28. The maximum Gasteiger partial charge on any atom is 0.262 e. The highest BCUT2D eigenvalue weighted by Gasteiger charge is 2.19. The second-order valence-corrected chi connectivity index (χ2v) is 7.35. The predicted molar refractivity (Wildman–Crippen MR) is 97.2 cm³/mol. The van der Waals surface area contributed by atoms with E-state index in [1.165, 1.54) is 18.2 Å². The first-order valence-corrected chi connectivity index (χ1v) is 9.48. The van der Waals surface area contributed by atoms with Crippen LogP contribution in [0.4, 0.5) is 10.1 Å². The third kappa shape index (κ3) is 5.27. The van der Waals surface area contributed by atoms with Crippen LogP contribution in [0.3, 0.4) is 0 Å². The second kappa shape index (κ2) is 8.77. The number of rotatable bonds is 8. The summed E-state index contributed by atoms with van der Waals surface area (Å²) in [6, 6.07) is 9.44. The van der Waals surface area contributed by atoms with E-state index < -0.39 is 15.8 Å². The van der Waals surface area contributed by atoms with Gasteiger partial charge in [0.25, 0.3) is 15.9 Å². The third-order valence-corrected chi connectivity index (χ3v) is 5.17. The van der Waals surface area contributed by atoms with E-state index in [9.17, 15) is 17.6 Å². The number of aryl methyl sites for hydroxylation is 1. The summed E-state index contributed by atoms with van der Waals surface area (Å²) in [5.74, 6) is -0.824. The Kier molecular flexibility index (Phi) is 6.70. The van der Waals surface area contributed by atoms with Crippen molar-refractivity contribution in [2.75, 3.05) is 25.0 Å². The molecule has 0 aromatic heterocycles. The molecule has 0 saturated carbocycles. The molecule has 26 heavy (non-hydrogen) atoms. The molecule has 6 nitrogen and oxygen atoms in total. The fraction of sp³-hybridized carbons (Fsp3) is 0.278. The topological polar surface area (TPSA) is 84.5 Å².